The van der Waals surface area contributed by atoms with Crippen molar-refractivity contribution in [3.8, 4) is 11.4 Å². The molecule has 0 bridgehead atoms. The second kappa shape index (κ2) is 7.29. The number of amides is 1. The molecule has 0 saturated heterocycles. The van der Waals surface area contributed by atoms with Crippen LogP contribution < -0.4 is 5.32 Å². The Kier molecular flexibility index (Phi) is 4.69. The summed E-state index contributed by atoms with van der Waals surface area (Å²) in [6.45, 7) is 4.58. The smallest absolute Gasteiger partial charge is 0.252 e. The molecule has 27 heavy (non-hydrogen) atoms. The average Bonchev–Trinajstić information content (AvgIpc) is 3.20. The highest BCUT2D eigenvalue weighted by Crippen LogP contribution is 2.27. The zero-order valence-electron chi connectivity index (χ0n) is 15.2. The van der Waals surface area contributed by atoms with Gasteiger partial charge < -0.3 is 5.32 Å². The van der Waals surface area contributed by atoms with E-state index in [4.69, 9.17) is 4.98 Å². The molecule has 0 aliphatic heterocycles. The Morgan fingerprint density at radius 2 is 1.96 bits per heavy atom. The first-order valence-electron chi connectivity index (χ1n) is 8.76. The SMILES string of the molecule is Cc1cc(C)c2nc(-c3ccccn3)cc(C(=O)NCc3cccs3)c2c1. The summed E-state index contributed by atoms with van der Waals surface area (Å²) < 4.78 is 0. The van der Waals surface area contributed by atoms with Crippen LogP contribution in [0.1, 0.15) is 26.4 Å². The van der Waals surface area contributed by atoms with E-state index in [0.717, 1.165) is 32.6 Å². The lowest BCUT2D eigenvalue weighted by Crippen LogP contribution is -2.23. The minimum absolute atomic E-state index is 0.0991. The molecule has 4 rings (SSSR count). The minimum Gasteiger partial charge on any atom is -0.347 e. The van der Waals surface area contributed by atoms with E-state index in [1.54, 1.807) is 17.5 Å². The third kappa shape index (κ3) is 3.59. The maximum Gasteiger partial charge on any atom is 0.252 e. The van der Waals surface area contributed by atoms with Crippen molar-refractivity contribution in [1.29, 1.82) is 0 Å². The van der Waals surface area contributed by atoms with Gasteiger partial charge in [0, 0.05) is 16.5 Å². The van der Waals surface area contributed by atoms with E-state index in [1.165, 1.54) is 0 Å². The van der Waals surface area contributed by atoms with E-state index < -0.39 is 0 Å². The predicted octanol–water partition coefficient (Wildman–Crippen LogP) is 4.91. The molecule has 0 fully saturated rings. The van der Waals surface area contributed by atoms with Crippen LogP contribution >= 0.6 is 11.3 Å². The molecule has 3 heterocycles. The number of aromatic nitrogens is 2. The number of hydrogen-bond acceptors (Lipinski definition) is 4. The van der Waals surface area contributed by atoms with E-state index in [0.29, 0.717) is 17.8 Å². The summed E-state index contributed by atoms with van der Waals surface area (Å²) in [6, 6.07) is 15.7. The lowest BCUT2D eigenvalue weighted by atomic mass is 10.0. The molecule has 5 heteroatoms. The van der Waals surface area contributed by atoms with Crippen LogP contribution in [0.15, 0.2) is 60.1 Å². The van der Waals surface area contributed by atoms with E-state index in [1.807, 2.05) is 61.7 Å². The summed E-state index contributed by atoms with van der Waals surface area (Å²) in [4.78, 5) is 23.3. The number of rotatable bonds is 4. The van der Waals surface area contributed by atoms with Crippen LogP contribution in [0, 0.1) is 13.8 Å². The van der Waals surface area contributed by atoms with E-state index in [9.17, 15) is 4.79 Å². The average molecular weight is 373 g/mol. The molecule has 0 aliphatic carbocycles. The normalized spacial score (nSPS) is 10.9. The molecule has 4 aromatic rings. The number of hydrogen-bond donors (Lipinski definition) is 1. The number of thiophene rings is 1. The number of benzene rings is 1. The highest BCUT2D eigenvalue weighted by atomic mass is 32.1. The largest absolute Gasteiger partial charge is 0.347 e. The summed E-state index contributed by atoms with van der Waals surface area (Å²) in [5, 5.41) is 5.91. The highest BCUT2D eigenvalue weighted by molar-refractivity contribution is 7.09. The van der Waals surface area contributed by atoms with Gasteiger partial charge in [0.15, 0.2) is 0 Å². The van der Waals surface area contributed by atoms with Crippen molar-refractivity contribution in [1.82, 2.24) is 15.3 Å². The molecule has 0 spiro atoms. The van der Waals surface area contributed by atoms with Crippen LogP contribution in [0.2, 0.25) is 0 Å². The van der Waals surface area contributed by atoms with Gasteiger partial charge in [-0.1, -0.05) is 23.8 Å². The predicted molar refractivity (Wildman–Crippen MR) is 110 cm³/mol. The summed E-state index contributed by atoms with van der Waals surface area (Å²) >= 11 is 1.63. The Hall–Kier alpha value is -3.05. The Morgan fingerprint density at radius 3 is 2.70 bits per heavy atom. The highest BCUT2D eigenvalue weighted by Gasteiger charge is 2.16. The topological polar surface area (TPSA) is 54.9 Å². The van der Waals surface area contributed by atoms with Gasteiger partial charge in [0.25, 0.3) is 5.91 Å². The van der Waals surface area contributed by atoms with Crippen LogP contribution in [0.3, 0.4) is 0 Å². The van der Waals surface area contributed by atoms with E-state index in [2.05, 4.69) is 16.4 Å². The van der Waals surface area contributed by atoms with Gasteiger partial charge in [0.2, 0.25) is 0 Å². The first-order valence-corrected chi connectivity index (χ1v) is 9.64. The molecule has 134 valence electrons. The zero-order valence-corrected chi connectivity index (χ0v) is 16.0. The van der Waals surface area contributed by atoms with Crippen molar-refractivity contribution < 1.29 is 4.79 Å². The fraction of sp³-hybridized carbons (Fsp3) is 0.136. The summed E-state index contributed by atoms with van der Waals surface area (Å²) in [5.74, 6) is -0.0991. The molecule has 1 aromatic carbocycles. The summed E-state index contributed by atoms with van der Waals surface area (Å²) in [5.41, 5.74) is 5.09. The maximum absolute atomic E-state index is 13.0. The molecule has 0 saturated carbocycles. The van der Waals surface area contributed by atoms with Crippen molar-refractivity contribution in [3.63, 3.8) is 0 Å². The van der Waals surface area contributed by atoms with Gasteiger partial charge in [0.1, 0.15) is 0 Å². The van der Waals surface area contributed by atoms with Gasteiger partial charge in [-0.15, -0.1) is 11.3 Å². The number of carbonyl (C=O) groups excluding carboxylic acids is 1. The number of fused-ring (bicyclic) bond motifs is 1. The van der Waals surface area contributed by atoms with Crippen molar-refractivity contribution >= 4 is 28.1 Å². The molecular formula is C22H19N3OS. The molecule has 0 radical (unpaired) electrons. The quantitative estimate of drug-likeness (QED) is 0.553. The number of carbonyl (C=O) groups is 1. The van der Waals surface area contributed by atoms with Gasteiger partial charge in [-0.25, -0.2) is 4.98 Å². The van der Waals surface area contributed by atoms with Gasteiger partial charge in [-0.2, -0.15) is 0 Å². The number of nitrogens with zero attached hydrogens (tertiary/aromatic N) is 2. The Labute approximate surface area is 161 Å². The molecule has 1 amide bonds. The van der Waals surface area contributed by atoms with Crippen molar-refractivity contribution in [2.24, 2.45) is 0 Å². The maximum atomic E-state index is 13.0. The zero-order chi connectivity index (χ0) is 18.8. The van der Waals surface area contributed by atoms with E-state index >= 15 is 0 Å². The lowest BCUT2D eigenvalue weighted by Gasteiger charge is -2.12. The Balaban J connectivity index is 1.82. The molecule has 0 aliphatic rings. The van der Waals surface area contributed by atoms with Crippen molar-refractivity contribution in [3.05, 3.63) is 81.7 Å². The van der Waals surface area contributed by atoms with Crippen LogP contribution in [0.4, 0.5) is 0 Å². The number of aryl methyl sites for hydroxylation is 2. The van der Waals surface area contributed by atoms with Crippen LogP contribution in [0.25, 0.3) is 22.3 Å². The van der Waals surface area contributed by atoms with Crippen LogP contribution in [-0.4, -0.2) is 15.9 Å². The first kappa shape index (κ1) is 17.4. The molecule has 3 aromatic heterocycles. The second-order valence-electron chi connectivity index (χ2n) is 6.51. The molecule has 0 unspecified atom stereocenters. The minimum atomic E-state index is -0.0991. The van der Waals surface area contributed by atoms with E-state index in [-0.39, 0.29) is 5.91 Å². The number of pyridine rings is 2. The molecular weight excluding hydrogens is 354 g/mol. The van der Waals surface area contributed by atoms with Crippen molar-refractivity contribution in [2.75, 3.05) is 0 Å². The fourth-order valence-electron chi connectivity index (χ4n) is 3.19. The van der Waals surface area contributed by atoms with Crippen molar-refractivity contribution in [2.45, 2.75) is 20.4 Å². The first-order chi connectivity index (χ1) is 13.1. The van der Waals surface area contributed by atoms with Crippen LogP contribution in [0.5, 0.6) is 0 Å². The molecule has 0 atom stereocenters. The molecule has 1 N–H and O–H groups in total. The number of nitrogens with one attached hydrogen (secondary N) is 1. The van der Waals surface area contributed by atoms with Gasteiger partial charge >= 0.3 is 0 Å². The standard InChI is InChI=1S/C22H19N3OS/c1-14-10-15(2)21-17(11-14)18(22(26)24-13-16-6-5-9-27-16)12-20(25-21)19-7-3-4-8-23-19/h3-12H,13H2,1-2H3,(H,24,26). The van der Waals surface area contributed by atoms with Gasteiger partial charge in [-0.3, -0.25) is 9.78 Å². The van der Waals surface area contributed by atoms with Gasteiger partial charge in [-0.05, 0) is 55.1 Å². The third-order valence-electron chi connectivity index (χ3n) is 4.42. The van der Waals surface area contributed by atoms with Crippen LogP contribution in [-0.2, 0) is 6.54 Å². The monoisotopic (exact) mass is 373 g/mol. The summed E-state index contributed by atoms with van der Waals surface area (Å²) in [7, 11) is 0. The Bertz CT molecular complexity index is 1110. The second-order valence-corrected chi connectivity index (χ2v) is 7.54. The molecule has 4 nitrogen and oxygen atoms in total. The lowest BCUT2D eigenvalue weighted by molar-refractivity contribution is 0.0953. The Morgan fingerprint density at radius 1 is 1.07 bits per heavy atom. The fourth-order valence-corrected chi connectivity index (χ4v) is 3.83. The third-order valence-corrected chi connectivity index (χ3v) is 5.30. The summed E-state index contributed by atoms with van der Waals surface area (Å²) in [6.07, 6.45) is 1.74. The van der Waals surface area contributed by atoms with Gasteiger partial charge in [0.05, 0.1) is 29.0 Å².